The molecule has 1 saturated heterocycles. The van der Waals surface area contributed by atoms with Crippen molar-refractivity contribution in [3.63, 3.8) is 0 Å². The summed E-state index contributed by atoms with van der Waals surface area (Å²) < 4.78 is 0. The molecule has 0 unspecified atom stereocenters. The van der Waals surface area contributed by atoms with Crippen LogP contribution in [0.5, 0.6) is 0 Å². The Hall–Kier alpha value is -0.520. The molecule has 11 heavy (non-hydrogen) atoms. The Morgan fingerprint density at radius 1 is 1.64 bits per heavy atom. The highest BCUT2D eigenvalue weighted by Crippen LogP contribution is 2.14. The molecule has 0 spiro atoms. The molecule has 2 heteroatoms. The maximum atomic E-state index is 8.84. The maximum absolute atomic E-state index is 8.84. The molecule has 0 aromatic rings. The summed E-state index contributed by atoms with van der Waals surface area (Å²) in [4.78, 5) is 2.32. The highest BCUT2D eigenvalue weighted by molar-refractivity contribution is 4.86. The lowest BCUT2D eigenvalue weighted by Gasteiger charge is -2.12. The second kappa shape index (κ2) is 4.38. The molecule has 1 aliphatic rings. The second-order valence-electron chi connectivity index (χ2n) is 3.09. The van der Waals surface area contributed by atoms with Crippen LogP contribution < -0.4 is 0 Å². The number of hydrogen-bond acceptors (Lipinski definition) is 2. The van der Waals surface area contributed by atoms with E-state index in [-0.39, 0.29) is 0 Å². The Morgan fingerprint density at radius 3 is 3.00 bits per heavy atom. The van der Waals surface area contributed by atoms with Crippen molar-refractivity contribution in [2.45, 2.75) is 12.8 Å². The van der Waals surface area contributed by atoms with Crippen LogP contribution in [-0.2, 0) is 0 Å². The van der Waals surface area contributed by atoms with Gasteiger partial charge < -0.3 is 10.0 Å². The van der Waals surface area contributed by atoms with Crippen molar-refractivity contribution in [3.05, 3.63) is 0 Å². The average Bonchev–Trinajstić information content (AvgIpc) is 2.48. The molecule has 1 atom stereocenters. The Balaban J connectivity index is 2.15. The first-order chi connectivity index (χ1) is 5.36. The summed E-state index contributed by atoms with van der Waals surface area (Å²) in [5.41, 5.74) is 0. The molecule has 0 amide bonds. The number of likely N-dealkylation sites (tertiary alicyclic amines) is 1. The minimum absolute atomic E-state index is 0.326. The third kappa shape index (κ3) is 2.53. The lowest BCUT2D eigenvalue weighted by atomic mass is 10.1. The van der Waals surface area contributed by atoms with Crippen LogP contribution in [0.25, 0.3) is 0 Å². The van der Waals surface area contributed by atoms with Gasteiger partial charge in [-0.15, -0.1) is 12.3 Å². The Labute approximate surface area is 68.2 Å². The van der Waals surface area contributed by atoms with Gasteiger partial charge in [0.2, 0.25) is 0 Å². The van der Waals surface area contributed by atoms with E-state index in [2.05, 4.69) is 10.8 Å². The van der Waals surface area contributed by atoms with Crippen LogP contribution in [0.15, 0.2) is 0 Å². The van der Waals surface area contributed by atoms with E-state index < -0.39 is 0 Å². The smallest absolute Gasteiger partial charge is 0.0471 e. The fourth-order valence-corrected chi connectivity index (χ4v) is 1.49. The molecule has 0 radical (unpaired) electrons. The van der Waals surface area contributed by atoms with Crippen molar-refractivity contribution in [3.8, 4) is 12.3 Å². The maximum Gasteiger partial charge on any atom is 0.0471 e. The summed E-state index contributed by atoms with van der Waals surface area (Å²) in [6.45, 7) is 3.45. The molecule has 0 aromatic heterocycles. The Kier molecular flexibility index (Phi) is 3.41. The van der Waals surface area contributed by atoms with Crippen molar-refractivity contribution in [2.75, 3.05) is 26.2 Å². The molecule has 0 bridgehead atoms. The van der Waals surface area contributed by atoms with Gasteiger partial charge in [0.1, 0.15) is 0 Å². The van der Waals surface area contributed by atoms with E-state index in [0.717, 1.165) is 32.5 Å². The van der Waals surface area contributed by atoms with E-state index >= 15 is 0 Å². The van der Waals surface area contributed by atoms with Crippen LogP contribution in [0, 0.1) is 18.3 Å². The van der Waals surface area contributed by atoms with Gasteiger partial charge in [0.15, 0.2) is 0 Å². The second-order valence-corrected chi connectivity index (χ2v) is 3.09. The van der Waals surface area contributed by atoms with E-state index in [4.69, 9.17) is 11.5 Å². The molecule has 62 valence electrons. The van der Waals surface area contributed by atoms with Gasteiger partial charge in [-0.1, -0.05) is 0 Å². The van der Waals surface area contributed by atoms with Crippen LogP contribution >= 0.6 is 0 Å². The Morgan fingerprint density at radius 2 is 2.45 bits per heavy atom. The zero-order valence-corrected chi connectivity index (χ0v) is 6.79. The molecule has 1 fully saturated rings. The predicted molar refractivity (Wildman–Crippen MR) is 45.1 cm³/mol. The summed E-state index contributed by atoms with van der Waals surface area (Å²) in [6.07, 6.45) is 7.11. The summed E-state index contributed by atoms with van der Waals surface area (Å²) in [6, 6.07) is 0. The van der Waals surface area contributed by atoms with Crippen LogP contribution in [0.4, 0.5) is 0 Å². The van der Waals surface area contributed by atoms with Gasteiger partial charge in [-0.2, -0.15) is 0 Å². The number of aliphatic hydroxyl groups excluding tert-OH is 1. The van der Waals surface area contributed by atoms with E-state index in [1.54, 1.807) is 0 Å². The highest BCUT2D eigenvalue weighted by atomic mass is 16.3. The summed E-state index contributed by atoms with van der Waals surface area (Å²) >= 11 is 0. The van der Waals surface area contributed by atoms with Crippen molar-refractivity contribution in [2.24, 2.45) is 5.92 Å². The predicted octanol–water partition coefficient (Wildman–Crippen LogP) is 0.324. The highest BCUT2D eigenvalue weighted by Gasteiger charge is 2.20. The van der Waals surface area contributed by atoms with Crippen molar-refractivity contribution in [1.29, 1.82) is 0 Å². The van der Waals surface area contributed by atoms with E-state index in [9.17, 15) is 0 Å². The molecule has 1 aliphatic heterocycles. The van der Waals surface area contributed by atoms with Crippen molar-refractivity contribution >= 4 is 0 Å². The molecular formula is C9H15NO. The number of terminal acetylenes is 1. The summed E-state index contributed by atoms with van der Waals surface area (Å²) in [7, 11) is 0. The monoisotopic (exact) mass is 153 g/mol. The molecule has 1 heterocycles. The Bertz CT molecular complexity index is 150. The minimum atomic E-state index is 0.326. The molecule has 0 saturated carbocycles. The number of aliphatic hydroxyl groups is 1. The summed E-state index contributed by atoms with van der Waals surface area (Å²) in [5.74, 6) is 3.12. The van der Waals surface area contributed by atoms with Gasteiger partial charge in [-0.25, -0.2) is 0 Å². The van der Waals surface area contributed by atoms with Crippen molar-refractivity contribution in [1.82, 2.24) is 4.90 Å². The van der Waals surface area contributed by atoms with Gasteiger partial charge in [0.25, 0.3) is 0 Å². The number of rotatable bonds is 3. The normalized spacial score (nSPS) is 25.3. The van der Waals surface area contributed by atoms with Crippen LogP contribution in [-0.4, -0.2) is 36.2 Å². The largest absolute Gasteiger partial charge is 0.396 e. The third-order valence-electron chi connectivity index (χ3n) is 2.20. The molecule has 1 N–H and O–H groups in total. The zero-order chi connectivity index (χ0) is 8.10. The molecule has 1 rings (SSSR count). The fourth-order valence-electron chi connectivity index (χ4n) is 1.49. The van der Waals surface area contributed by atoms with E-state index in [1.165, 1.54) is 0 Å². The first-order valence-electron chi connectivity index (χ1n) is 4.13. The number of nitrogens with zero attached hydrogens (tertiary/aromatic N) is 1. The van der Waals surface area contributed by atoms with E-state index in [0.29, 0.717) is 12.5 Å². The standard InChI is InChI=1S/C9H15NO/c1-2-3-5-10-6-4-9(7-10)8-11/h1,9,11H,3-8H2/t9-/m1/s1. The van der Waals surface area contributed by atoms with Crippen LogP contribution in [0.1, 0.15) is 12.8 Å². The first kappa shape index (κ1) is 8.58. The molecule has 0 aromatic carbocycles. The van der Waals surface area contributed by atoms with Gasteiger partial charge in [0, 0.05) is 26.1 Å². The van der Waals surface area contributed by atoms with Crippen molar-refractivity contribution < 1.29 is 5.11 Å². The number of hydrogen-bond donors (Lipinski definition) is 1. The first-order valence-corrected chi connectivity index (χ1v) is 4.13. The lowest BCUT2D eigenvalue weighted by molar-refractivity contribution is 0.222. The van der Waals surface area contributed by atoms with Gasteiger partial charge in [-0.3, -0.25) is 0 Å². The van der Waals surface area contributed by atoms with Gasteiger partial charge in [-0.05, 0) is 18.9 Å². The fraction of sp³-hybridized carbons (Fsp3) is 0.778. The minimum Gasteiger partial charge on any atom is -0.396 e. The van der Waals surface area contributed by atoms with Crippen LogP contribution in [0.3, 0.4) is 0 Å². The van der Waals surface area contributed by atoms with Gasteiger partial charge >= 0.3 is 0 Å². The molecule has 0 aliphatic carbocycles. The topological polar surface area (TPSA) is 23.5 Å². The van der Waals surface area contributed by atoms with Gasteiger partial charge in [0.05, 0.1) is 0 Å². The third-order valence-corrected chi connectivity index (χ3v) is 2.20. The molecule has 2 nitrogen and oxygen atoms in total. The lowest BCUT2D eigenvalue weighted by Crippen LogP contribution is -2.22. The zero-order valence-electron chi connectivity index (χ0n) is 6.79. The summed E-state index contributed by atoms with van der Waals surface area (Å²) in [5, 5.41) is 8.84. The average molecular weight is 153 g/mol. The van der Waals surface area contributed by atoms with Crippen LogP contribution in [0.2, 0.25) is 0 Å². The molecular weight excluding hydrogens is 138 g/mol. The van der Waals surface area contributed by atoms with E-state index in [1.807, 2.05) is 0 Å². The SMILES string of the molecule is C#CCCN1CC[C@@H](CO)C1. The quantitative estimate of drug-likeness (QED) is 0.590.